The number of fused-ring (bicyclic) bond motifs is 4. The Morgan fingerprint density at radius 2 is 1.85 bits per heavy atom. The molecule has 0 unspecified atom stereocenters. The Morgan fingerprint density at radius 3 is 2.56 bits per heavy atom. The van der Waals surface area contributed by atoms with E-state index in [2.05, 4.69) is 0 Å². The van der Waals surface area contributed by atoms with Crippen LogP contribution in [-0.2, 0) is 30.2 Å². The standard InChI is InChI=1S/C21H18N2O4/c1-3-17-22-20(14-9-5-4-6-10-14)19(26-17)27-21(20)15-11-7-8-12-16(15)23(13(2)24)18(21)25/h4-12,19H,3H2,1-2H3/t19-,20-,21+/m1/s1. The summed E-state index contributed by atoms with van der Waals surface area (Å²) in [4.78, 5) is 31.9. The molecule has 2 aromatic rings. The van der Waals surface area contributed by atoms with Gasteiger partial charge in [0.2, 0.25) is 17.8 Å². The van der Waals surface area contributed by atoms with Gasteiger partial charge in [0, 0.05) is 18.9 Å². The van der Waals surface area contributed by atoms with Gasteiger partial charge in [-0.3, -0.25) is 9.59 Å². The summed E-state index contributed by atoms with van der Waals surface area (Å²) >= 11 is 0. The van der Waals surface area contributed by atoms with Crippen LogP contribution in [-0.4, -0.2) is 24.0 Å². The number of carbonyl (C=O) groups is 2. The van der Waals surface area contributed by atoms with E-state index >= 15 is 0 Å². The van der Waals surface area contributed by atoms with Crippen LogP contribution in [0.15, 0.2) is 59.6 Å². The van der Waals surface area contributed by atoms with Crippen LogP contribution < -0.4 is 4.90 Å². The minimum Gasteiger partial charge on any atom is -0.449 e. The normalized spacial score (nSPS) is 30.4. The van der Waals surface area contributed by atoms with Crippen LogP contribution >= 0.6 is 0 Å². The summed E-state index contributed by atoms with van der Waals surface area (Å²) in [6, 6.07) is 16.8. The monoisotopic (exact) mass is 362 g/mol. The van der Waals surface area contributed by atoms with Crippen molar-refractivity contribution < 1.29 is 19.1 Å². The second kappa shape index (κ2) is 5.27. The van der Waals surface area contributed by atoms with Gasteiger partial charge in [-0.05, 0) is 11.6 Å². The highest BCUT2D eigenvalue weighted by Gasteiger charge is 2.80. The lowest BCUT2D eigenvalue weighted by Crippen LogP contribution is -2.71. The minimum atomic E-state index is -1.40. The number of amides is 2. The fourth-order valence-electron chi connectivity index (χ4n) is 4.43. The highest BCUT2D eigenvalue weighted by atomic mass is 16.7. The molecule has 1 saturated heterocycles. The summed E-state index contributed by atoms with van der Waals surface area (Å²) in [6.07, 6.45) is -0.102. The van der Waals surface area contributed by atoms with E-state index in [1.54, 1.807) is 12.1 Å². The van der Waals surface area contributed by atoms with E-state index in [1.807, 2.05) is 49.4 Å². The molecule has 2 aromatic carbocycles. The number of benzene rings is 2. The maximum absolute atomic E-state index is 13.6. The molecule has 2 amide bonds. The molecule has 3 atom stereocenters. The lowest BCUT2D eigenvalue weighted by atomic mass is 9.66. The molecule has 136 valence electrons. The summed E-state index contributed by atoms with van der Waals surface area (Å²) in [5, 5.41) is 0. The quantitative estimate of drug-likeness (QED) is 0.824. The first-order valence-electron chi connectivity index (χ1n) is 8.99. The second-order valence-electron chi connectivity index (χ2n) is 6.92. The van der Waals surface area contributed by atoms with Gasteiger partial charge in [0.25, 0.3) is 5.91 Å². The van der Waals surface area contributed by atoms with Crippen molar-refractivity contribution in [3.8, 4) is 0 Å². The van der Waals surface area contributed by atoms with Crippen LogP contribution in [0.25, 0.3) is 0 Å². The van der Waals surface area contributed by atoms with E-state index < -0.39 is 23.3 Å². The number of nitrogens with zero attached hydrogens (tertiary/aromatic N) is 2. The lowest BCUT2D eigenvalue weighted by Gasteiger charge is -2.54. The summed E-state index contributed by atoms with van der Waals surface area (Å²) in [6.45, 7) is 3.33. The highest BCUT2D eigenvalue weighted by Crippen LogP contribution is 2.66. The summed E-state index contributed by atoms with van der Waals surface area (Å²) in [5.41, 5.74) is -0.424. The molecule has 1 fully saturated rings. The maximum Gasteiger partial charge on any atom is 0.274 e. The van der Waals surface area contributed by atoms with Gasteiger partial charge >= 0.3 is 0 Å². The third kappa shape index (κ3) is 1.71. The number of rotatable bonds is 2. The van der Waals surface area contributed by atoms with Gasteiger partial charge < -0.3 is 9.47 Å². The maximum atomic E-state index is 13.6. The Bertz CT molecular complexity index is 1000. The van der Waals surface area contributed by atoms with E-state index in [1.165, 1.54) is 11.8 Å². The molecule has 0 bridgehead atoms. The molecule has 6 nitrogen and oxygen atoms in total. The summed E-state index contributed by atoms with van der Waals surface area (Å²) in [5.74, 6) is -0.216. The molecule has 0 saturated carbocycles. The zero-order chi connectivity index (χ0) is 18.8. The van der Waals surface area contributed by atoms with Gasteiger partial charge in [0.05, 0.1) is 5.69 Å². The van der Waals surface area contributed by atoms with Crippen molar-refractivity contribution in [2.75, 3.05) is 4.90 Å². The van der Waals surface area contributed by atoms with Crippen molar-refractivity contribution in [3.63, 3.8) is 0 Å². The Labute approximate surface area is 156 Å². The first-order valence-corrected chi connectivity index (χ1v) is 8.99. The number of hydrogen-bond donors (Lipinski definition) is 0. The van der Waals surface area contributed by atoms with Crippen LogP contribution in [0.4, 0.5) is 5.69 Å². The number of para-hydroxylation sites is 1. The number of anilines is 1. The number of aliphatic imine (C=N–C) groups is 1. The molecule has 0 N–H and O–H groups in total. The SMILES string of the molecule is CCC1=N[C@]2(c3ccccc3)[C@H](O1)O[C@@]21C(=O)N(C(C)=O)c2ccccc21. The van der Waals surface area contributed by atoms with Crippen LogP contribution in [0.5, 0.6) is 0 Å². The molecule has 3 heterocycles. The summed E-state index contributed by atoms with van der Waals surface area (Å²) < 4.78 is 12.0. The van der Waals surface area contributed by atoms with Crippen LogP contribution in [0, 0.1) is 0 Å². The summed E-state index contributed by atoms with van der Waals surface area (Å²) in [7, 11) is 0. The van der Waals surface area contributed by atoms with Gasteiger partial charge in [-0.25, -0.2) is 9.89 Å². The van der Waals surface area contributed by atoms with Gasteiger partial charge in [-0.1, -0.05) is 55.5 Å². The van der Waals surface area contributed by atoms with Crippen molar-refractivity contribution in [1.82, 2.24) is 0 Å². The van der Waals surface area contributed by atoms with Crippen molar-refractivity contribution in [3.05, 3.63) is 65.7 Å². The molecule has 0 radical (unpaired) electrons. The van der Waals surface area contributed by atoms with Crippen molar-refractivity contribution >= 4 is 23.4 Å². The Morgan fingerprint density at radius 1 is 1.15 bits per heavy atom. The number of carbonyl (C=O) groups excluding carboxylic acids is 2. The average Bonchev–Trinajstić information content (AvgIpc) is 3.12. The molecule has 0 aromatic heterocycles. The number of hydrogen-bond acceptors (Lipinski definition) is 5. The Kier molecular flexibility index (Phi) is 3.16. The molecule has 0 aliphatic carbocycles. The van der Waals surface area contributed by atoms with Crippen molar-refractivity contribution in [2.45, 2.75) is 37.7 Å². The lowest BCUT2D eigenvalue weighted by molar-refractivity contribution is -0.323. The molecule has 3 aliphatic rings. The predicted octanol–water partition coefficient (Wildman–Crippen LogP) is 2.87. The molecule has 1 spiro atoms. The van der Waals surface area contributed by atoms with Gasteiger partial charge in [0.15, 0.2) is 11.4 Å². The van der Waals surface area contributed by atoms with E-state index in [-0.39, 0.29) is 5.91 Å². The molecule has 6 heteroatoms. The molecule has 5 rings (SSSR count). The Hall–Kier alpha value is -2.99. The number of ether oxygens (including phenoxy) is 2. The second-order valence-corrected chi connectivity index (χ2v) is 6.92. The Balaban J connectivity index is 1.81. The van der Waals surface area contributed by atoms with Crippen LogP contribution in [0.3, 0.4) is 0 Å². The third-order valence-electron chi connectivity index (χ3n) is 5.57. The predicted molar refractivity (Wildman–Crippen MR) is 98.1 cm³/mol. The zero-order valence-corrected chi connectivity index (χ0v) is 15.0. The van der Waals surface area contributed by atoms with E-state index in [4.69, 9.17) is 14.5 Å². The van der Waals surface area contributed by atoms with Crippen LogP contribution in [0.2, 0.25) is 0 Å². The first-order chi connectivity index (χ1) is 13.1. The number of imide groups is 1. The molecule has 3 aliphatic heterocycles. The molecule has 27 heavy (non-hydrogen) atoms. The van der Waals surface area contributed by atoms with Gasteiger partial charge in [-0.15, -0.1) is 0 Å². The molecular formula is C21H18N2O4. The topological polar surface area (TPSA) is 68.2 Å². The smallest absolute Gasteiger partial charge is 0.274 e. The molecular weight excluding hydrogens is 344 g/mol. The fraction of sp³-hybridized carbons (Fsp3) is 0.286. The largest absolute Gasteiger partial charge is 0.449 e. The fourth-order valence-corrected chi connectivity index (χ4v) is 4.43. The van der Waals surface area contributed by atoms with E-state index in [9.17, 15) is 9.59 Å². The first kappa shape index (κ1) is 16.2. The van der Waals surface area contributed by atoms with E-state index in [0.29, 0.717) is 23.6 Å². The van der Waals surface area contributed by atoms with Gasteiger partial charge in [0.1, 0.15) is 0 Å². The van der Waals surface area contributed by atoms with Gasteiger partial charge in [-0.2, -0.15) is 0 Å². The van der Waals surface area contributed by atoms with Crippen LogP contribution in [0.1, 0.15) is 31.4 Å². The highest BCUT2D eigenvalue weighted by molar-refractivity contribution is 6.23. The van der Waals surface area contributed by atoms with Crippen molar-refractivity contribution in [2.24, 2.45) is 4.99 Å². The van der Waals surface area contributed by atoms with Crippen molar-refractivity contribution in [1.29, 1.82) is 0 Å². The zero-order valence-electron chi connectivity index (χ0n) is 15.0. The van der Waals surface area contributed by atoms with E-state index in [0.717, 1.165) is 5.56 Å². The average molecular weight is 362 g/mol. The minimum absolute atomic E-state index is 0.349. The third-order valence-corrected chi connectivity index (χ3v) is 5.57.